The van der Waals surface area contributed by atoms with E-state index in [1.165, 1.54) is 17.1 Å². The third kappa shape index (κ3) is 4.18. The predicted octanol–water partition coefficient (Wildman–Crippen LogP) is 5.08. The first-order valence-electron chi connectivity index (χ1n) is 11.1. The van der Waals surface area contributed by atoms with Gasteiger partial charge in [-0.25, -0.2) is 10.3 Å². The minimum absolute atomic E-state index is 0.175. The van der Waals surface area contributed by atoms with E-state index in [0.29, 0.717) is 10.6 Å². The van der Waals surface area contributed by atoms with Gasteiger partial charge in [-0.3, -0.25) is 19.4 Å². The number of carbonyl (C=O) groups excluding carboxylic acids is 3. The van der Waals surface area contributed by atoms with Crippen LogP contribution in [0.4, 0.5) is 11.4 Å². The Morgan fingerprint density at radius 1 is 0.972 bits per heavy atom. The Labute approximate surface area is 226 Å². The summed E-state index contributed by atoms with van der Waals surface area (Å²) in [5.41, 5.74) is 5.55. The van der Waals surface area contributed by atoms with E-state index in [4.69, 9.17) is 23.2 Å². The van der Waals surface area contributed by atoms with Crippen molar-refractivity contribution in [1.29, 1.82) is 0 Å². The second-order valence-corrected chi connectivity index (χ2v) is 10.6. The molecule has 0 aromatic heterocycles. The number of nitrogens with zero attached hydrogens (tertiary/aromatic N) is 3. The van der Waals surface area contributed by atoms with E-state index in [9.17, 15) is 14.4 Å². The lowest BCUT2D eigenvalue weighted by Crippen LogP contribution is -2.48. The van der Waals surface area contributed by atoms with Crippen molar-refractivity contribution < 1.29 is 14.4 Å². The fraction of sp³-hybridized carbons (Fsp3) is 0.192. The van der Waals surface area contributed by atoms with Gasteiger partial charge in [0.2, 0.25) is 5.91 Å². The quantitative estimate of drug-likeness (QED) is 0.431. The second kappa shape index (κ2) is 9.52. The Morgan fingerprint density at radius 3 is 2.33 bits per heavy atom. The van der Waals surface area contributed by atoms with Gasteiger partial charge in [-0.2, -0.15) is 0 Å². The molecule has 184 valence electrons. The number of hydrogen-bond donors (Lipinski definition) is 1. The number of fused-ring (bicyclic) bond motifs is 1. The van der Waals surface area contributed by atoms with Crippen LogP contribution in [0.3, 0.4) is 0 Å². The fourth-order valence-corrected chi connectivity index (χ4v) is 5.58. The van der Waals surface area contributed by atoms with Crippen molar-refractivity contribution in [3.63, 3.8) is 0 Å². The standard InChI is InChI=1S/C26H21BrCl2N4O3/c1-31(2)18-9-6-14(7-10-18)22-21-23(33(30-22)24(34)15-4-3-5-16(27)12-15)26(36)32(25(21)35)20-11-8-17(28)13-19(20)29/h3-13,21-23,30H,1-2H3/t21-,22-,23+/m0/s1. The Kier molecular flexibility index (Phi) is 6.55. The molecule has 5 rings (SSSR count). The highest BCUT2D eigenvalue weighted by Gasteiger charge is 2.60. The maximum absolute atomic E-state index is 13.8. The van der Waals surface area contributed by atoms with Crippen LogP contribution in [-0.2, 0) is 9.59 Å². The first-order valence-corrected chi connectivity index (χ1v) is 12.7. The number of hydrazine groups is 1. The van der Waals surface area contributed by atoms with Crippen LogP contribution < -0.4 is 15.2 Å². The highest BCUT2D eigenvalue weighted by atomic mass is 79.9. The molecule has 1 N–H and O–H groups in total. The zero-order valence-electron chi connectivity index (χ0n) is 19.3. The van der Waals surface area contributed by atoms with Gasteiger partial charge in [0.1, 0.15) is 6.04 Å². The van der Waals surface area contributed by atoms with Gasteiger partial charge in [-0.1, -0.05) is 57.3 Å². The molecule has 2 heterocycles. The number of rotatable bonds is 4. The highest BCUT2D eigenvalue weighted by molar-refractivity contribution is 9.10. The lowest BCUT2D eigenvalue weighted by atomic mass is 9.90. The summed E-state index contributed by atoms with van der Waals surface area (Å²) in [6.07, 6.45) is 0. The smallest absolute Gasteiger partial charge is 0.268 e. The Morgan fingerprint density at radius 2 is 1.69 bits per heavy atom. The van der Waals surface area contributed by atoms with Gasteiger partial charge >= 0.3 is 0 Å². The van der Waals surface area contributed by atoms with Crippen molar-refractivity contribution >= 4 is 68.2 Å². The van der Waals surface area contributed by atoms with E-state index in [1.807, 2.05) is 43.3 Å². The molecule has 2 aliphatic rings. The third-order valence-corrected chi connectivity index (χ3v) is 7.48. The van der Waals surface area contributed by atoms with Crippen molar-refractivity contribution in [2.24, 2.45) is 5.92 Å². The molecular weight excluding hydrogens is 567 g/mol. The van der Waals surface area contributed by atoms with Crippen LogP contribution in [0.15, 0.2) is 71.2 Å². The molecule has 0 bridgehead atoms. The molecule has 3 amide bonds. The summed E-state index contributed by atoms with van der Waals surface area (Å²) < 4.78 is 0.725. The number of amides is 3. The first-order chi connectivity index (χ1) is 17.2. The topological polar surface area (TPSA) is 73.0 Å². The molecule has 10 heteroatoms. The normalized spacial score (nSPS) is 21.2. The minimum Gasteiger partial charge on any atom is -0.378 e. The summed E-state index contributed by atoms with van der Waals surface area (Å²) in [5, 5.41) is 1.84. The molecule has 36 heavy (non-hydrogen) atoms. The van der Waals surface area contributed by atoms with E-state index < -0.39 is 35.7 Å². The number of imide groups is 1. The summed E-state index contributed by atoms with van der Waals surface area (Å²) in [7, 11) is 3.87. The molecule has 0 spiro atoms. The number of carbonyl (C=O) groups is 3. The van der Waals surface area contributed by atoms with E-state index in [2.05, 4.69) is 21.4 Å². The van der Waals surface area contributed by atoms with Crippen LogP contribution in [-0.4, -0.2) is 42.9 Å². The molecule has 0 saturated carbocycles. The largest absolute Gasteiger partial charge is 0.378 e. The van der Waals surface area contributed by atoms with E-state index >= 15 is 0 Å². The summed E-state index contributed by atoms with van der Waals surface area (Å²) in [4.78, 5) is 44.1. The average Bonchev–Trinajstić information content (AvgIpc) is 3.36. The highest BCUT2D eigenvalue weighted by Crippen LogP contribution is 2.44. The van der Waals surface area contributed by atoms with Gasteiger partial charge in [0, 0.05) is 34.8 Å². The average molecular weight is 588 g/mol. The van der Waals surface area contributed by atoms with Crippen molar-refractivity contribution in [2.75, 3.05) is 23.9 Å². The van der Waals surface area contributed by atoms with Crippen molar-refractivity contribution in [1.82, 2.24) is 10.4 Å². The SMILES string of the molecule is CN(C)c1ccc([C@@H]2NN(C(=O)c3cccc(Br)c3)[C@H]3C(=O)N(c4ccc(Cl)cc4Cl)C(=O)[C@@H]23)cc1. The van der Waals surface area contributed by atoms with Crippen LogP contribution in [0.2, 0.25) is 10.0 Å². The van der Waals surface area contributed by atoms with Gasteiger partial charge in [-0.05, 0) is 54.1 Å². The summed E-state index contributed by atoms with van der Waals surface area (Å²) >= 11 is 15.8. The Balaban J connectivity index is 1.58. The molecule has 0 radical (unpaired) electrons. The van der Waals surface area contributed by atoms with Crippen LogP contribution in [0.25, 0.3) is 0 Å². The number of hydrogen-bond acceptors (Lipinski definition) is 5. The van der Waals surface area contributed by atoms with Crippen LogP contribution in [0.5, 0.6) is 0 Å². The lowest BCUT2D eigenvalue weighted by molar-refractivity contribution is -0.123. The molecule has 7 nitrogen and oxygen atoms in total. The second-order valence-electron chi connectivity index (χ2n) is 8.86. The fourth-order valence-electron chi connectivity index (χ4n) is 4.69. The monoisotopic (exact) mass is 586 g/mol. The number of halogens is 3. The number of benzene rings is 3. The van der Waals surface area contributed by atoms with Crippen LogP contribution in [0.1, 0.15) is 22.0 Å². The van der Waals surface area contributed by atoms with E-state index in [1.54, 1.807) is 30.3 Å². The van der Waals surface area contributed by atoms with Gasteiger partial charge in [0.25, 0.3) is 11.8 Å². The lowest BCUT2D eigenvalue weighted by Gasteiger charge is -2.25. The van der Waals surface area contributed by atoms with Gasteiger partial charge in [0.05, 0.1) is 22.7 Å². The van der Waals surface area contributed by atoms with Crippen molar-refractivity contribution in [3.05, 3.63) is 92.4 Å². The third-order valence-electron chi connectivity index (χ3n) is 6.44. The van der Waals surface area contributed by atoms with Gasteiger partial charge in [0.15, 0.2) is 0 Å². The van der Waals surface area contributed by atoms with Crippen LogP contribution in [0, 0.1) is 5.92 Å². The Hall–Kier alpha value is -2.91. The number of anilines is 2. The van der Waals surface area contributed by atoms with Crippen LogP contribution >= 0.6 is 39.1 Å². The molecule has 0 aliphatic carbocycles. The molecule has 2 saturated heterocycles. The predicted molar refractivity (Wildman–Crippen MR) is 143 cm³/mol. The number of nitrogens with one attached hydrogen (secondary N) is 1. The molecule has 3 aromatic carbocycles. The zero-order valence-corrected chi connectivity index (χ0v) is 22.4. The summed E-state index contributed by atoms with van der Waals surface area (Å²) in [6, 6.07) is 17.5. The maximum atomic E-state index is 13.8. The van der Waals surface area contributed by atoms with E-state index in [-0.39, 0.29) is 10.7 Å². The van der Waals surface area contributed by atoms with E-state index in [0.717, 1.165) is 20.6 Å². The summed E-state index contributed by atoms with van der Waals surface area (Å²) in [5.74, 6) is -2.22. The molecule has 0 unspecified atom stereocenters. The maximum Gasteiger partial charge on any atom is 0.268 e. The van der Waals surface area contributed by atoms with Crippen molar-refractivity contribution in [2.45, 2.75) is 12.1 Å². The molecule has 3 atom stereocenters. The van der Waals surface area contributed by atoms with Crippen molar-refractivity contribution in [3.8, 4) is 0 Å². The van der Waals surface area contributed by atoms with Gasteiger partial charge < -0.3 is 4.90 Å². The first kappa shape index (κ1) is 24.8. The summed E-state index contributed by atoms with van der Waals surface area (Å²) in [6.45, 7) is 0. The Bertz CT molecular complexity index is 1380. The molecular formula is C26H21BrCl2N4O3. The molecule has 3 aromatic rings. The zero-order chi connectivity index (χ0) is 25.7. The molecule has 2 aliphatic heterocycles. The minimum atomic E-state index is -1.05. The van der Waals surface area contributed by atoms with Gasteiger partial charge in [-0.15, -0.1) is 0 Å². The molecule has 2 fully saturated rings.